The summed E-state index contributed by atoms with van der Waals surface area (Å²) in [6, 6.07) is 19.5. The molecule has 1 aliphatic rings. The zero-order valence-electron chi connectivity index (χ0n) is 18.7. The summed E-state index contributed by atoms with van der Waals surface area (Å²) in [5.41, 5.74) is 1.06. The Bertz CT molecular complexity index is 1140. The number of carbonyl (C=O) groups excluding carboxylic acids is 1. The van der Waals surface area contributed by atoms with Crippen LogP contribution in [0.1, 0.15) is 41.0 Å². The van der Waals surface area contributed by atoms with Crippen molar-refractivity contribution in [1.82, 2.24) is 10.2 Å². The molecule has 4 rings (SSSR count). The maximum atomic E-state index is 13.2. The first-order valence-corrected chi connectivity index (χ1v) is 13.6. The topological polar surface area (TPSA) is 69.7 Å². The van der Waals surface area contributed by atoms with Crippen molar-refractivity contribution >= 4 is 33.0 Å². The minimum absolute atomic E-state index is 0.165. The summed E-state index contributed by atoms with van der Waals surface area (Å²) in [4.78, 5) is 16.7. The molecular formula is C25H29N3O3S2. The van der Waals surface area contributed by atoms with Crippen LogP contribution in [0.2, 0.25) is 0 Å². The van der Waals surface area contributed by atoms with Crippen LogP contribution in [0.5, 0.6) is 0 Å². The van der Waals surface area contributed by atoms with Crippen molar-refractivity contribution in [3.63, 3.8) is 0 Å². The molecule has 0 saturated carbocycles. The number of amides is 1. The minimum Gasteiger partial charge on any atom is -0.350 e. The number of anilines is 1. The summed E-state index contributed by atoms with van der Waals surface area (Å²) in [7, 11) is -3.72. The molecule has 1 aromatic heterocycles. The van der Waals surface area contributed by atoms with Crippen molar-refractivity contribution < 1.29 is 13.2 Å². The van der Waals surface area contributed by atoms with E-state index >= 15 is 0 Å². The number of para-hydroxylation sites is 1. The summed E-state index contributed by atoms with van der Waals surface area (Å²) < 4.78 is 27.7. The van der Waals surface area contributed by atoms with Crippen molar-refractivity contribution in [2.75, 3.05) is 30.5 Å². The third kappa shape index (κ3) is 5.29. The zero-order chi connectivity index (χ0) is 23.3. The maximum absolute atomic E-state index is 13.2. The maximum Gasteiger partial charge on any atom is 0.264 e. The number of nitrogens with one attached hydrogen (secondary N) is 1. The Morgan fingerprint density at radius 1 is 1.03 bits per heavy atom. The van der Waals surface area contributed by atoms with Gasteiger partial charge in [0.25, 0.3) is 15.9 Å². The third-order valence-electron chi connectivity index (χ3n) is 5.94. The molecule has 2 aromatic carbocycles. The van der Waals surface area contributed by atoms with Crippen molar-refractivity contribution in [2.24, 2.45) is 0 Å². The molecule has 1 atom stereocenters. The van der Waals surface area contributed by atoms with Crippen LogP contribution < -0.4 is 9.62 Å². The highest BCUT2D eigenvalue weighted by Gasteiger charge is 2.26. The lowest BCUT2D eigenvalue weighted by Gasteiger charge is -2.27. The van der Waals surface area contributed by atoms with Crippen molar-refractivity contribution in [2.45, 2.75) is 30.7 Å². The number of rotatable bonds is 9. The van der Waals surface area contributed by atoms with Crippen LogP contribution >= 0.6 is 11.3 Å². The van der Waals surface area contributed by atoms with Gasteiger partial charge in [0.2, 0.25) is 0 Å². The second kappa shape index (κ2) is 10.5. The SMILES string of the molecule is CCN(c1ccccc1)S(=O)(=O)c1ccc(C(=O)NC[C@H](c2cccs2)N2CCCC2)cc1. The quantitative estimate of drug-likeness (QED) is 0.486. The molecule has 6 nitrogen and oxygen atoms in total. The molecular weight excluding hydrogens is 454 g/mol. The van der Waals surface area contributed by atoms with Gasteiger partial charge >= 0.3 is 0 Å². The van der Waals surface area contributed by atoms with Crippen LogP contribution in [0.25, 0.3) is 0 Å². The van der Waals surface area contributed by atoms with Crippen LogP contribution in [0.15, 0.2) is 77.0 Å². The van der Waals surface area contributed by atoms with Gasteiger partial charge in [-0.05, 0) is 80.7 Å². The third-order valence-corrected chi connectivity index (χ3v) is 8.84. The molecule has 0 spiro atoms. The molecule has 1 aliphatic heterocycles. The Balaban J connectivity index is 1.45. The molecule has 1 fully saturated rings. The van der Waals surface area contributed by atoms with Gasteiger partial charge in [-0.1, -0.05) is 24.3 Å². The Hall–Kier alpha value is -2.68. The van der Waals surface area contributed by atoms with Gasteiger partial charge in [0.1, 0.15) is 0 Å². The number of nitrogens with zero attached hydrogens (tertiary/aromatic N) is 2. The molecule has 3 aromatic rings. The largest absolute Gasteiger partial charge is 0.350 e. The van der Waals surface area contributed by atoms with Gasteiger partial charge in [0.05, 0.1) is 16.6 Å². The summed E-state index contributed by atoms with van der Waals surface area (Å²) in [5, 5.41) is 5.11. The first-order chi connectivity index (χ1) is 16.0. The van der Waals surface area contributed by atoms with E-state index in [0.29, 0.717) is 24.3 Å². The number of sulfonamides is 1. The minimum atomic E-state index is -3.72. The molecule has 1 N–H and O–H groups in total. The van der Waals surface area contributed by atoms with E-state index in [1.807, 2.05) is 24.3 Å². The summed E-state index contributed by atoms with van der Waals surface area (Å²) in [6.45, 7) is 4.73. The lowest BCUT2D eigenvalue weighted by atomic mass is 10.2. The number of hydrogen-bond donors (Lipinski definition) is 1. The van der Waals surface area contributed by atoms with Crippen molar-refractivity contribution in [3.05, 3.63) is 82.6 Å². The standard InChI is InChI=1S/C25H29N3O3S2/c1-2-28(21-9-4-3-5-10-21)33(30,31)22-14-12-20(13-15-22)25(29)26-19-23(24-11-8-18-32-24)27-16-6-7-17-27/h3-5,8-15,18,23H,2,6-7,16-17,19H2,1H3,(H,26,29)/t23-/m1/s1. The Kier molecular flexibility index (Phi) is 7.47. The fraction of sp³-hybridized carbons (Fsp3) is 0.320. The molecule has 2 heterocycles. The smallest absolute Gasteiger partial charge is 0.264 e. The fourth-order valence-electron chi connectivity index (χ4n) is 4.23. The van der Waals surface area contributed by atoms with E-state index < -0.39 is 10.0 Å². The van der Waals surface area contributed by atoms with E-state index in [4.69, 9.17) is 0 Å². The predicted molar refractivity (Wildman–Crippen MR) is 133 cm³/mol. The fourth-order valence-corrected chi connectivity index (χ4v) is 6.56. The highest BCUT2D eigenvalue weighted by molar-refractivity contribution is 7.92. The molecule has 1 amide bonds. The molecule has 33 heavy (non-hydrogen) atoms. The number of thiophene rings is 1. The molecule has 0 radical (unpaired) electrons. The normalized spacial score (nSPS) is 15.3. The van der Waals surface area contributed by atoms with Crippen LogP contribution in [-0.4, -0.2) is 45.4 Å². The molecule has 0 aliphatic carbocycles. The lowest BCUT2D eigenvalue weighted by Crippen LogP contribution is -2.36. The first kappa shape index (κ1) is 23.5. The first-order valence-electron chi connectivity index (χ1n) is 11.2. The number of carbonyl (C=O) groups is 1. The van der Waals surface area contributed by atoms with Gasteiger partial charge in [-0.15, -0.1) is 11.3 Å². The van der Waals surface area contributed by atoms with Crippen molar-refractivity contribution in [3.8, 4) is 0 Å². The van der Waals surface area contributed by atoms with E-state index in [0.717, 1.165) is 13.1 Å². The zero-order valence-corrected chi connectivity index (χ0v) is 20.3. The van der Waals surface area contributed by atoms with Gasteiger partial charge in [-0.25, -0.2) is 8.42 Å². The molecule has 0 bridgehead atoms. The average molecular weight is 484 g/mol. The van der Waals surface area contributed by atoms with Crippen LogP contribution in [-0.2, 0) is 10.0 Å². The number of hydrogen-bond acceptors (Lipinski definition) is 5. The van der Waals surface area contributed by atoms with Crippen LogP contribution in [0.3, 0.4) is 0 Å². The van der Waals surface area contributed by atoms with E-state index in [9.17, 15) is 13.2 Å². The molecule has 1 saturated heterocycles. The monoisotopic (exact) mass is 483 g/mol. The number of likely N-dealkylation sites (tertiary alicyclic amines) is 1. The molecule has 8 heteroatoms. The Morgan fingerprint density at radius 2 is 1.73 bits per heavy atom. The van der Waals surface area contributed by atoms with Gasteiger partial charge in [-0.3, -0.25) is 14.0 Å². The van der Waals surface area contributed by atoms with Gasteiger partial charge in [0, 0.05) is 23.5 Å². The predicted octanol–water partition coefficient (Wildman–Crippen LogP) is 4.53. The van der Waals surface area contributed by atoms with Crippen LogP contribution in [0.4, 0.5) is 5.69 Å². The van der Waals surface area contributed by atoms with Gasteiger partial charge in [0.15, 0.2) is 0 Å². The summed E-state index contributed by atoms with van der Waals surface area (Å²) in [6.07, 6.45) is 2.37. The van der Waals surface area contributed by atoms with Crippen LogP contribution in [0, 0.1) is 0 Å². The van der Waals surface area contributed by atoms with Crippen molar-refractivity contribution in [1.29, 1.82) is 0 Å². The summed E-state index contributed by atoms with van der Waals surface area (Å²) >= 11 is 1.71. The summed E-state index contributed by atoms with van der Waals surface area (Å²) in [5.74, 6) is -0.199. The molecule has 174 valence electrons. The van der Waals surface area contributed by atoms with E-state index in [2.05, 4.69) is 21.7 Å². The van der Waals surface area contributed by atoms with E-state index in [1.165, 1.54) is 34.2 Å². The Labute approximate surface area is 199 Å². The second-order valence-corrected chi connectivity index (χ2v) is 10.9. The van der Waals surface area contributed by atoms with E-state index in [-0.39, 0.29) is 16.8 Å². The second-order valence-electron chi connectivity index (χ2n) is 8.01. The molecule has 0 unspecified atom stereocenters. The number of benzene rings is 2. The average Bonchev–Trinajstić information content (AvgIpc) is 3.55. The highest BCUT2D eigenvalue weighted by Crippen LogP contribution is 2.28. The van der Waals surface area contributed by atoms with Gasteiger partial charge < -0.3 is 5.32 Å². The lowest BCUT2D eigenvalue weighted by molar-refractivity contribution is 0.0938. The van der Waals surface area contributed by atoms with Gasteiger partial charge in [-0.2, -0.15) is 0 Å². The van der Waals surface area contributed by atoms with E-state index in [1.54, 1.807) is 42.5 Å². The Morgan fingerprint density at radius 3 is 2.33 bits per heavy atom. The highest BCUT2D eigenvalue weighted by atomic mass is 32.2.